The van der Waals surface area contributed by atoms with E-state index in [1.54, 1.807) is 13.3 Å². The molecule has 9 nitrogen and oxygen atoms in total. The van der Waals surface area contributed by atoms with Crippen LogP contribution >= 0.6 is 0 Å². The van der Waals surface area contributed by atoms with E-state index in [1.165, 1.54) is 12.8 Å². The van der Waals surface area contributed by atoms with Crippen molar-refractivity contribution in [2.75, 3.05) is 13.7 Å². The Morgan fingerprint density at radius 2 is 1.83 bits per heavy atom. The zero-order valence-corrected chi connectivity index (χ0v) is 26.0. The number of aromatic amines is 1. The second-order valence-corrected chi connectivity index (χ2v) is 13.4. The van der Waals surface area contributed by atoms with E-state index >= 15 is 0 Å². The highest BCUT2D eigenvalue weighted by Gasteiger charge is 2.47. The van der Waals surface area contributed by atoms with Crippen molar-refractivity contribution in [1.82, 2.24) is 24.0 Å². The van der Waals surface area contributed by atoms with Crippen LogP contribution in [0.5, 0.6) is 5.75 Å². The number of H-pyrrole nitrogens is 1. The smallest absolute Gasteiger partial charge is 0.255 e. The van der Waals surface area contributed by atoms with Gasteiger partial charge in [-0.1, -0.05) is 18.2 Å². The van der Waals surface area contributed by atoms with Crippen molar-refractivity contribution in [3.05, 3.63) is 82.8 Å². The fourth-order valence-electron chi connectivity index (χ4n) is 8.01. The Hall–Kier alpha value is -4.89. The molecule has 9 rings (SSSR count). The molecule has 2 bridgehead atoms. The third kappa shape index (κ3) is 4.14. The average molecular weight is 613 g/mol. The summed E-state index contributed by atoms with van der Waals surface area (Å²) >= 11 is 0. The van der Waals surface area contributed by atoms with Gasteiger partial charge in [-0.2, -0.15) is 0 Å². The Morgan fingerprint density at radius 3 is 2.59 bits per heavy atom. The van der Waals surface area contributed by atoms with E-state index in [2.05, 4.69) is 44.5 Å². The van der Waals surface area contributed by atoms with Crippen molar-refractivity contribution in [1.29, 1.82) is 0 Å². The third-order valence-electron chi connectivity index (χ3n) is 10.7. The van der Waals surface area contributed by atoms with Crippen molar-refractivity contribution in [2.24, 2.45) is 24.6 Å². The zero-order chi connectivity index (χ0) is 31.3. The van der Waals surface area contributed by atoms with Gasteiger partial charge >= 0.3 is 0 Å². The Labute approximate surface area is 265 Å². The van der Waals surface area contributed by atoms with E-state index in [-0.39, 0.29) is 23.6 Å². The van der Waals surface area contributed by atoms with E-state index in [4.69, 9.17) is 15.5 Å². The summed E-state index contributed by atoms with van der Waals surface area (Å²) in [5, 5.41) is 2.75. The first-order chi connectivity index (χ1) is 22.4. The number of rotatable bonds is 6. The van der Waals surface area contributed by atoms with Crippen LogP contribution < -0.4 is 16.0 Å². The number of carbonyl (C=O) groups excluding carboxylic acids is 1. The topological polar surface area (TPSA) is 111 Å². The quantitative estimate of drug-likeness (QED) is 0.251. The highest BCUT2D eigenvalue weighted by molar-refractivity contribution is 6.01. The van der Waals surface area contributed by atoms with Gasteiger partial charge in [0, 0.05) is 60.3 Å². The molecule has 1 saturated heterocycles. The minimum absolute atomic E-state index is 0.00345. The van der Waals surface area contributed by atoms with Crippen LogP contribution in [0.15, 0.2) is 71.7 Å². The lowest BCUT2D eigenvalue weighted by Crippen LogP contribution is -2.41. The molecule has 1 amide bonds. The van der Waals surface area contributed by atoms with Crippen molar-refractivity contribution in [3.63, 3.8) is 0 Å². The number of pyridine rings is 1. The number of carbonyl (C=O) groups is 1. The predicted octanol–water partition coefficient (Wildman–Crippen LogP) is 5.68. The number of benzene rings is 3. The summed E-state index contributed by atoms with van der Waals surface area (Å²) in [5.74, 6) is 2.51. The number of aryl methyl sites for hydroxylation is 1. The maximum atomic E-state index is 13.8. The van der Waals surface area contributed by atoms with E-state index in [9.17, 15) is 9.59 Å². The number of hydrogen-bond donors (Lipinski definition) is 2. The molecule has 232 valence electrons. The molecular formula is C37H36N6O3. The Bertz CT molecular complexity index is 2270. The number of amides is 1. The first kappa shape index (κ1) is 27.4. The highest BCUT2D eigenvalue weighted by Crippen LogP contribution is 2.41. The fourth-order valence-corrected chi connectivity index (χ4v) is 8.01. The molecule has 2 saturated carbocycles. The lowest BCUT2D eigenvalue weighted by atomic mass is 10.0. The highest BCUT2D eigenvalue weighted by atomic mass is 16.5. The number of nitrogens with one attached hydrogen (secondary N) is 1. The maximum Gasteiger partial charge on any atom is 0.255 e. The van der Waals surface area contributed by atoms with Crippen molar-refractivity contribution in [3.8, 4) is 28.4 Å². The number of methoxy groups -OCH3 is 1. The van der Waals surface area contributed by atoms with Gasteiger partial charge < -0.3 is 29.5 Å². The Kier molecular flexibility index (Phi) is 5.99. The van der Waals surface area contributed by atoms with Crippen LogP contribution in [-0.2, 0) is 13.6 Å². The first-order valence-electron chi connectivity index (χ1n) is 16.2. The minimum Gasteiger partial charge on any atom is -0.494 e. The van der Waals surface area contributed by atoms with Gasteiger partial charge in [-0.05, 0) is 96.5 Å². The zero-order valence-electron chi connectivity index (χ0n) is 26.0. The van der Waals surface area contributed by atoms with Crippen LogP contribution in [0.1, 0.15) is 36.0 Å². The molecule has 0 spiro atoms. The van der Waals surface area contributed by atoms with Gasteiger partial charge in [-0.15, -0.1) is 0 Å². The molecule has 0 radical (unpaired) electrons. The minimum atomic E-state index is -0.0785. The summed E-state index contributed by atoms with van der Waals surface area (Å²) < 4.78 is 10.4. The van der Waals surface area contributed by atoms with Gasteiger partial charge in [-0.25, -0.2) is 4.98 Å². The summed E-state index contributed by atoms with van der Waals surface area (Å²) in [6.07, 6.45) is 6.21. The second-order valence-electron chi connectivity index (χ2n) is 13.4. The maximum absolute atomic E-state index is 13.8. The molecule has 46 heavy (non-hydrogen) atoms. The molecule has 3 fully saturated rings. The van der Waals surface area contributed by atoms with E-state index in [0.29, 0.717) is 28.5 Å². The number of piperidine rings is 1. The molecule has 3 aromatic carbocycles. The first-order valence-corrected chi connectivity index (χ1v) is 16.2. The predicted molar refractivity (Wildman–Crippen MR) is 180 cm³/mol. The summed E-state index contributed by atoms with van der Waals surface area (Å²) in [4.78, 5) is 35.9. The van der Waals surface area contributed by atoms with Gasteiger partial charge in [0.25, 0.3) is 11.5 Å². The number of nitrogens with two attached hydrogens (primary N) is 1. The standard InChI is InChI=1S/C37H36N6O3/c1-41-34-28(14-26(17-32(34)46-2)37(45)43-19-25-8-10-29(43)33(25)38)40-35(41)31-16-24-6-5-22(15-30(24)42(31)18-20-3-4-20)21-7-9-27-23(13-21)11-12-39-36(27)44/h5-7,9,11-17,20,25,29,33H,3-4,8,10,18-19,38H2,1-2H3,(H,39,44). The number of nitrogens with zero attached hydrogens (tertiary/aromatic N) is 4. The normalized spacial score (nSPS) is 20.8. The third-order valence-corrected chi connectivity index (χ3v) is 10.7. The largest absolute Gasteiger partial charge is 0.494 e. The van der Waals surface area contributed by atoms with Gasteiger partial charge in [0.15, 0.2) is 5.82 Å². The molecular weight excluding hydrogens is 576 g/mol. The molecule has 3 atom stereocenters. The number of fused-ring (bicyclic) bond motifs is 5. The van der Waals surface area contributed by atoms with Crippen molar-refractivity contribution >= 4 is 38.6 Å². The molecule has 3 aliphatic rings. The molecule has 6 aromatic rings. The number of hydrogen-bond acceptors (Lipinski definition) is 5. The van der Waals surface area contributed by atoms with E-state index in [0.717, 1.165) is 75.9 Å². The molecule has 1 aliphatic heterocycles. The Balaban J connectivity index is 1.16. The van der Waals surface area contributed by atoms with Gasteiger partial charge in [-0.3, -0.25) is 9.59 Å². The summed E-state index contributed by atoms with van der Waals surface area (Å²) in [7, 11) is 3.67. The lowest BCUT2D eigenvalue weighted by molar-refractivity contribution is 0.0700. The molecule has 3 unspecified atom stereocenters. The average Bonchev–Trinajstić information content (AvgIpc) is 3.47. The molecule has 9 heteroatoms. The fraction of sp³-hybridized carbons (Fsp3) is 0.324. The Morgan fingerprint density at radius 1 is 1.00 bits per heavy atom. The number of imidazole rings is 1. The van der Waals surface area contributed by atoms with Gasteiger partial charge in [0.2, 0.25) is 0 Å². The lowest BCUT2D eigenvalue weighted by Gasteiger charge is -2.27. The van der Waals surface area contributed by atoms with E-state index in [1.807, 2.05) is 42.3 Å². The van der Waals surface area contributed by atoms with Crippen LogP contribution in [-0.4, -0.2) is 55.6 Å². The summed E-state index contributed by atoms with van der Waals surface area (Å²) in [5.41, 5.74) is 12.9. The summed E-state index contributed by atoms with van der Waals surface area (Å²) in [6.45, 7) is 1.64. The van der Waals surface area contributed by atoms with Crippen LogP contribution in [0.3, 0.4) is 0 Å². The number of aromatic nitrogens is 4. The molecule has 4 heterocycles. The summed E-state index contributed by atoms with van der Waals surface area (Å²) in [6, 6.07) is 20.7. The van der Waals surface area contributed by atoms with Gasteiger partial charge in [0.1, 0.15) is 11.3 Å². The molecule has 3 aromatic heterocycles. The van der Waals surface area contributed by atoms with E-state index < -0.39 is 0 Å². The number of likely N-dealkylation sites (tertiary alicyclic amines) is 1. The molecule has 2 aliphatic carbocycles. The van der Waals surface area contributed by atoms with Gasteiger partial charge in [0.05, 0.1) is 18.3 Å². The van der Waals surface area contributed by atoms with Crippen LogP contribution in [0.25, 0.3) is 55.4 Å². The van der Waals surface area contributed by atoms with Crippen LogP contribution in [0.2, 0.25) is 0 Å². The van der Waals surface area contributed by atoms with Crippen LogP contribution in [0, 0.1) is 11.8 Å². The van der Waals surface area contributed by atoms with Crippen molar-refractivity contribution in [2.45, 2.75) is 44.3 Å². The van der Waals surface area contributed by atoms with Crippen LogP contribution in [0.4, 0.5) is 0 Å². The number of ether oxygens (including phenoxy) is 1. The SMILES string of the molecule is COc1cc(C(=O)N2CC3CCC2C3N)cc2nc(-c3cc4ccc(-c5ccc6c(=O)[nH]ccc6c5)cc4n3CC3CC3)n(C)c12. The monoisotopic (exact) mass is 612 g/mol. The second kappa shape index (κ2) is 10.1. The molecule has 3 N–H and O–H groups in total. The van der Waals surface area contributed by atoms with Crippen molar-refractivity contribution < 1.29 is 9.53 Å².